The van der Waals surface area contributed by atoms with Crippen LogP contribution < -0.4 is 5.56 Å². The molecule has 7 rings (SSSR count). The molecule has 5 aromatic rings. The molecule has 0 unspecified atom stereocenters. The minimum absolute atomic E-state index is 0.0897. The molecule has 2 aliphatic heterocycles. The van der Waals surface area contributed by atoms with E-state index in [1.807, 2.05) is 56.9 Å². The fourth-order valence-corrected chi connectivity index (χ4v) is 5.99. The molecule has 1 aromatic carbocycles. The summed E-state index contributed by atoms with van der Waals surface area (Å²) >= 11 is 0. The molecule has 1 saturated heterocycles. The average Bonchev–Trinajstić information content (AvgIpc) is 3.61. The Kier molecular flexibility index (Phi) is 5.15. The zero-order valence-electron chi connectivity index (χ0n) is 20.9. The van der Waals surface area contributed by atoms with E-state index in [0.29, 0.717) is 30.9 Å². The van der Waals surface area contributed by atoms with Gasteiger partial charge in [0.05, 0.1) is 28.7 Å². The van der Waals surface area contributed by atoms with E-state index in [1.54, 1.807) is 6.20 Å². The highest BCUT2D eigenvalue weighted by atomic mass is 16.2. The van der Waals surface area contributed by atoms with E-state index in [1.165, 1.54) is 6.42 Å². The smallest absolute Gasteiger partial charge is 0.320 e. The van der Waals surface area contributed by atoms with Crippen LogP contribution in [0.1, 0.15) is 30.4 Å². The number of benzene rings is 1. The molecule has 2 N–H and O–H groups in total. The molecule has 38 heavy (non-hydrogen) atoms. The predicted octanol–water partition coefficient (Wildman–Crippen LogP) is 4.04. The predicted molar refractivity (Wildman–Crippen MR) is 146 cm³/mol. The molecule has 0 radical (unpaired) electrons. The molecule has 2 aliphatic rings. The molecule has 0 saturated carbocycles. The van der Waals surface area contributed by atoms with E-state index in [9.17, 15) is 9.59 Å². The normalized spacial score (nSPS) is 15.7. The van der Waals surface area contributed by atoms with Gasteiger partial charge in [-0.1, -0.05) is 12.0 Å². The topological polar surface area (TPSA) is 94.4 Å². The van der Waals surface area contributed by atoms with Crippen molar-refractivity contribution in [1.82, 2.24) is 33.9 Å². The maximum atomic E-state index is 13.4. The van der Waals surface area contributed by atoms with Crippen LogP contribution in [0.3, 0.4) is 0 Å². The summed E-state index contributed by atoms with van der Waals surface area (Å²) in [5, 5.41) is 6.77. The highest BCUT2D eigenvalue weighted by Crippen LogP contribution is 2.37. The molecule has 4 aromatic heterocycles. The number of aromatic nitrogens is 5. The lowest BCUT2D eigenvalue weighted by molar-refractivity contribution is 0.140. The van der Waals surface area contributed by atoms with Gasteiger partial charge in [-0.2, -0.15) is 0 Å². The molecule has 9 nitrogen and oxygen atoms in total. The molecule has 2 amide bonds. The highest BCUT2D eigenvalue weighted by Gasteiger charge is 2.28. The van der Waals surface area contributed by atoms with Crippen molar-refractivity contribution in [3.63, 3.8) is 0 Å². The molecule has 0 bridgehead atoms. The summed E-state index contributed by atoms with van der Waals surface area (Å²) in [6.07, 6.45) is 14.9. The number of likely N-dealkylation sites (tertiary alicyclic amines) is 1. The third-order valence-corrected chi connectivity index (χ3v) is 7.81. The Morgan fingerprint density at radius 3 is 2.74 bits per heavy atom. The average molecular weight is 506 g/mol. The fraction of sp³-hybridized carbons (Fsp3) is 0.276. The van der Waals surface area contributed by atoms with Crippen LogP contribution in [0, 0.1) is 12.3 Å². The number of urea groups is 1. The summed E-state index contributed by atoms with van der Waals surface area (Å²) < 4.78 is 4.11. The zero-order chi connectivity index (χ0) is 25.8. The number of nitrogens with zero attached hydrogens (tertiary/aromatic N) is 5. The third kappa shape index (κ3) is 3.44. The molecule has 9 heteroatoms. The third-order valence-electron chi connectivity index (χ3n) is 7.81. The summed E-state index contributed by atoms with van der Waals surface area (Å²) in [4.78, 5) is 35.0. The van der Waals surface area contributed by atoms with E-state index in [2.05, 4.69) is 25.7 Å². The van der Waals surface area contributed by atoms with Gasteiger partial charge in [-0.3, -0.25) is 19.4 Å². The zero-order valence-corrected chi connectivity index (χ0v) is 20.9. The summed E-state index contributed by atoms with van der Waals surface area (Å²) in [5.74, 6) is 2.78. The lowest BCUT2D eigenvalue weighted by Crippen LogP contribution is -2.45. The van der Waals surface area contributed by atoms with Crippen molar-refractivity contribution < 1.29 is 4.79 Å². The van der Waals surface area contributed by atoms with Crippen LogP contribution in [0.2, 0.25) is 0 Å². The highest BCUT2D eigenvalue weighted by molar-refractivity contribution is 6.01. The number of rotatable bonds is 2. The standard InChI is InChI=1S/C29H27N7O2/c1-2-19-14-20-17-35(29(38)33-9-5-3-6-10-33)13-12-34-18-22(21(15-19)27(20)34)25-26(31-32-28(25)37)23-16-30-24-8-4-7-11-36(23)24/h1,4,7-8,11,14-16,18H,3,5-6,9-10,12-13,17H2,(H2,31,32,37). The Labute approximate surface area is 218 Å². The van der Waals surface area contributed by atoms with Crippen LogP contribution in [0.4, 0.5) is 4.79 Å². The van der Waals surface area contributed by atoms with Gasteiger partial charge >= 0.3 is 6.03 Å². The molecule has 0 atom stereocenters. The van der Waals surface area contributed by atoms with E-state index in [-0.39, 0.29) is 11.6 Å². The van der Waals surface area contributed by atoms with Gasteiger partial charge in [0.2, 0.25) is 0 Å². The number of piperidine rings is 1. The summed E-state index contributed by atoms with van der Waals surface area (Å²) in [5.41, 5.74) is 6.11. The van der Waals surface area contributed by atoms with Crippen molar-refractivity contribution in [1.29, 1.82) is 0 Å². The molecule has 0 spiro atoms. The monoisotopic (exact) mass is 505 g/mol. The van der Waals surface area contributed by atoms with E-state index in [4.69, 9.17) is 6.42 Å². The van der Waals surface area contributed by atoms with Crippen molar-refractivity contribution in [3.8, 4) is 34.9 Å². The van der Waals surface area contributed by atoms with Crippen LogP contribution in [-0.4, -0.2) is 59.6 Å². The number of imidazole rings is 1. The van der Waals surface area contributed by atoms with Crippen LogP contribution >= 0.6 is 0 Å². The number of nitrogens with one attached hydrogen (secondary N) is 2. The number of terminal acetylenes is 1. The number of H-pyrrole nitrogens is 2. The molecular formula is C29H27N7O2. The second-order valence-electron chi connectivity index (χ2n) is 10.1. The number of hydrogen-bond acceptors (Lipinski definition) is 3. The van der Waals surface area contributed by atoms with Crippen molar-refractivity contribution >= 4 is 22.6 Å². The quantitative estimate of drug-likeness (QED) is 0.355. The summed E-state index contributed by atoms with van der Waals surface area (Å²) in [7, 11) is 0. The first-order valence-corrected chi connectivity index (χ1v) is 13.0. The number of fused-ring (bicyclic) bond motifs is 1. The summed E-state index contributed by atoms with van der Waals surface area (Å²) in [6, 6.07) is 9.85. The van der Waals surface area contributed by atoms with Crippen LogP contribution in [0.25, 0.3) is 39.1 Å². The van der Waals surface area contributed by atoms with Crippen LogP contribution in [0.15, 0.2) is 53.7 Å². The first-order valence-electron chi connectivity index (χ1n) is 13.0. The van der Waals surface area contributed by atoms with Gasteiger partial charge < -0.3 is 14.4 Å². The number of hydrogen-bond donors (Lipinski definition) is 2. The van der Waals surface area contributed by atoms with Crippen molar-refractivity contribution in [3.05, 3.63) is 70.4 Å². The Balaban J connectivity index is 1.37. The van der Waals surface area contributed by atoms with Gasteiger partial charge in [-0.15, -0.1) is 6.42 Å². The number of carbonyl (C=O) groups excluding carboxylic acids is 1. The lowest BCUT2D eigenvalue weighted by Gasteiger charge is -2.32. The Morgan fingerprint density at radius 2 is 1.89 bits per heavy atom. The SMILES string of the molecule is C#Cc1cc2c3c(c1)c(-c1c(-c4cnc5ccccn45)[nH][nH]c1=O)cn3CCN(C(=O)N1CCCCC1)C2. The first kappa shape index (κ1) is 22.5. The van der Waals surface area contributed by atoms with Gasteiger partial charge in [0.25, 0.3) is 5.56 Å². The van der Waals surface area contributed by atoms with Crippen molar-refractivity contribution in [2.45, 2.75) is 32.4 Å². The van der Waals surface area contributed by atoms with Gasteiger partial charge in [0.1, 0.15) is 5.65 Å². The number of pyridine rings is 1. The van der Waals surface area contributed by atoms with Crippen molar-refractivity contribution in [2.75, 3.05) is 19.6 Å². The Bertz CT molecular complexity index is 1810. The number of carbonyl (C=O) groups is 1. The lowest BCUT2D eigenvalue weighted by atomic mass is 9.99. The maximum Gasteiger partial charge on any atom is 0.320 e. The second kappa shape index (κ2) is 8.70. The summed E-state index contributed by atoms with van der Waals surface area (Å²) in [6.45, 7) is 3.32. The number of amides is 2. The van der Waals surface area contributed by atoms with Gasteiger partial charge in [-0.05, 0) is 49.1 Å². The first-order chi connectivity index (χ1) is 18.6. The number of aromatic amines is 2. The van der Waals surface area contributed by atoms with Gasteiger partial charge in [-0.25, -0.2) is 9.78 Å². The molecule has 190 valence electrons. The van der Waals surface area contributed by atoms with E-state index < -0.39 is 0 Å². The molecule has 6 heterocycles. The Morgan fingerprint density at radius 1 is 1.03 bits per heavy atom. The van der Waals surface area contributed by atoms with Gasteiger partial charge in [0, 0.05) is 61.6 Å². The minimum Gasteiger partial charge on any atom is -0.345 e. The fourth-order valence-electron chi connectivity index (χ4n) is 5.99. The van der Waals surface area contributed by atoms with Crippen LogP contribution in [0.5, 0.6) is 0 Å². The Hall–Kier alpha value is -4.71. The molecule has 0 aliphatic carbocycles. The van der Waals surface area contributed by atoms with Crippen LogP contribution in [-0.2, 0) is 13.1 Å². The van der Waals surface area contributed by atoms with E-state index >= 15 is 0 Å². The maximum absolute atomic E-state index is 13.4. The molecular weight excluding hydrogens is 478 g/mol. The molecule has 1 fully saturated rings. The second-order valence-corrected chi connectivity index (χ2v) is 10.1. The van der Waals surface area contributed by atoms with Crippen molar-refractivity contribution in [2.24, 2.45) is 0 Å². The van der Waals surface area contributed by atoms with Gasteiger partial charge in [0.15, 0.2) is 0 Å². The van der Waals surface area contributed by atoms with E-state index in [0.717, 1.165) is 64.9 Å². The minimum atomic E-state index is -0.212. The largest absolute Gasteiger partial charge is 0.345 e.